The van der Waals surface area contributed by atoms with Gasteiger partial charge in [-0.25, -0.2) is 4.79 Å². The number of methoxy groups -OCH3 is 1. The van der Waals surface area contributed by atoms with E-state index in [1.807, 2.05) is 0 Å². The first-order valence-electron chi connectivity index (χ1n) is 7.83. The third-order valence-electron chi connectivity index (χ3n) is 3.70. The quantitative estimate of drug-likeness (QED) is 0.455. The summed E-state index contributed by atoms with van der Waals surface area (Å²) in [6, 6.07) is 8.54. The Labute approximate surface area is 160 Å². The van der Waals surface area contributed by atoms with E-state index in [1.165, 1.54) is 45.2 Å². The molecular formula is C18H17ClN2O6. The van der Waals surface area contributed by atoms with Gasteiger partial charge in [0.1, 0.15) is 5.75 Å². The molecule has 9 heteroatoms. The molecular weight excluding hydrogens is 376 g/mol. The van der Waals surface area contributed by atoms with Crippen LogP contribution in [-0.4, -0.2) is 30.0 Å². The van der Waals surface area contributed by atoms with Crippen molar-refractivity contribution in [3.63, 3.8) is 0 Å². The van der Waals surface area contributed by atoms with Crippen LogP contribution in [-0.2, 0) is 9.53 Å². The molecule has 0 aromatic heterocycles. The average molecular weight is 393 g/mol. The van der Waals surface area contributed by atoms with E-state index < -0.39 is 22.9 Å². The Morgan fingerprint density at radius 3 is 2.52 bits per heavy atom. The van der Waals surface area contributed by atoms with Crippen molar-refractivity contribution in [2.75, 3.05) is 12.4 Å². The molecule has 0 saturated heterocycles. The first kappa shape index (κ1) is 20.2. The number of anilines is 1. The van der Waals surface area contributed by atoms with Crippen molar-refractivity contribution in [2.24, 2.45) is 0 Å². The van der Waals surface area contributed by atoms with Crippen LogP contribution in [0.25, 0.3) is 0 Å². The second-order valence-corrected chi connectivity index (χ2v) is 6.08. The fourth-order valence-corrected chi connectivity index (χ4v) is 2.45. The predicted octanol–water partition coefficient (Wildman–Crippen LogP) is 3.75. The molecule has 0 aliphatic carbocycles. The Balaban J connectivity index is 2.08. The number of nitro benzene ring substituents is 1. The molecule has 0 fully saturated rings. The lowest BCUT2D eigenvalue weighted by Gasteiger charge is -2.15. The number of carbonyl (C=O) groups is 2. The van der Waals surface area contributed by atoms with Crippen molar-refractivity contribution in [1.82, 2.24) is 0 Å². The maximum atomic E-state index is 12.3. The van der Waals surface area contributed by atoms with Gasteiger partial charge in [0.25, 0.3) is 11.6 Å². The summed E-state index contributed by atoms with van der Waals surface area (Å²) in [6.45, 7) is 2.92. The number of esters is 1. The van der Waals surface area contributed by atoms with Crippen LogP contribution in [0.4, 0.5) is 11.4 Å². The number of nitro groups is 1. The van der Waals surface area contributed by atoms with Gasteiger partial charge in [0, 0.05) is 16.7 Å². The molecule has 2 aromatic rings. The van der Waals surface area contributed by atoms with E-state index in [2.05, 4.69) is 5.32 Å². The minimum absolute atomic E-state index is 0.106. The largest absolute Gasteiger partial charge is 0.495 e. The highest BCUT2D eigenvalue weighted by Gasteiger charge is 2.21. The fourth-order valence-electron chi connectivity index (χ4n) is 2.28. The number of benzene rings is 2. The summed E-state index contributed by atoms with van der Waals surface area (Å²) in [5, 5.41) is 13.8. The number of nitrogens with one attached hydrogen (secondary N) is 1. The molecule has 0 aliphatic rings. The summed E-state index contributed by atoms with van der Waals surface area (Å²) in [5.41, 5.74) is 0.655. The molecule has 1 amide bonds. The van der Waals surface area contributed by atoms with Crippen LogP contribution in [0.15, 0.2) is 36.4 Å². The van der Waals surface area contributed by atoms with E-state index in [-0.39, 0.29) is 11.3 Å². The molecule has 0 heterocycles. The standard InChI is InChI=1S/C18H17ClN2O6/c1-10-8-12(4-6-15(10)21(24)25)18(23)27-11(2)17(22)20-14-9-13(19)5-7-16(14)26-3/h4-9,11H,1-3H3,(H,20,22)/t11-/m0/s1. The number of hydrogen-bond acceptors (Lipinski definition) is 6. The summed E-state index contributed by atoms with van der Waals surface area (Å²) in [7, 11) is 1.44. The highest BCUT2D eigenvalue weighted by Crippen LogP contribution is 2.28. The second-order valence-electron chi connectivity index (χ2n) is 5.64. The molecule has 2 aromatic carbocycles. The Hall–Kier alpha value is -3.13. The highest BCUT2D eigenvalue weighted by molar-refractivity contribution is 6.31. The number of nitrogens with zero attached hydrogens (tertiary/aromatic N) is 1. The van der Waals surface area contributed by atoms with Gasteiger partial charge in [0.2, 0.25) is 0 Å². The first-order chi connectivity index (χ1) is 12.7. The monoisotopic (exact) mass is 392 g/mol. The third kappa shape index (κ3) is 4.95. The zero-order chi connectivity index (χ0) is 20.1. The number of halogens is 1. The SMILES string of the molecule is COc1ccc(Cl)cc1NC(=O)[C@H](C)OC(=O)c1ccc([N+](=O)[O-])c(C)c1. The van der Waals surface area contributed by atoms with E-state index in [4.69, 9.17) is 21.1 Å². The number of amides is 1. The first-order valence-corrected chi connectivity index (χ1v) is 8.21. The van der Waals surface area contributed by atoms with Crippen LogP contribution in [0.5, 0.6) is 5.75 Å². The number of ether oxygens (including phenoxy) is 2. The van der Waals surface area contributed by atoms with Gasteiger partial charge in [0.05, 0.1) is 23.3 Å². The minimum Gasteiger partial charge on any atom is -0.495 e. The molecule has 0 bridgehead atoms. The lowest BCUT2D eigenvalue weighted by molar-refractivity contribution is -0.385. The van der Waals surface area contributed by atoms with Crippen molar-refractivity contribution in [3.8, 4) is 5.75 Å². The van der Waals surface area contributed by atoms with Gasteiger partial charge in [-0.15, -0.1) is 0 Å². The van der Waals surface area contributed by atoms with E-state index in [0.29, 0.717) is 22.0 Å². The molecule has 27 heavy (non-hydrogen) atoms. The minimum atomic E-state index is -1.11. The molecule has 1 N–H and O–H groups in total. The van der Waals surface area contributed by atoms with Gasteiger partial charge in [-0.05, 0) is 44.2 Å². The van der Waals surface area contributed by atoms with Crippen LogP contribution in [0.2, 0.25) is 5.02 Å². The Bertz CT molecular complexity index is 899. The molecule has 0 radical (unpaired) electrons. The van der Waals surface area contributed by atoms with Crippen LogP contribution in [0.3, 0.4) is 0 Å². The number of rotatable bonds is 6. The lowest BCUT2D eigenvalue weighted by atomic mass is 10.1. The molecule has 0 unspecified atom stereocenters. The van der Waals surface area contributed by atoms with Gasteiger partial charge in [-0.1, -0.05) is 11.6 Å². The lowest BCUT2D eigenvalue weighted by Crippen LogP contribution is -2.30. The van der Waals surface area contributed by atoms with E-state index in [1.54, 1.807) is 12.1 Å². The van der Waals surface area contributed by atoms with Crippen molar-refractivity contribution in [2.45, 2.75) is 20.0 Å². The molecule has 0 spiro atoms. The Morgan fingerprint density at radius 2 is 1.93 bits per heavy atom. The van der Waals surface area contributed by atoms with Crippen molar-refractivity contribution < 1.29 is 24.0 Å². The summed E-state index contributed by atoms with van der Waals surface area (Å²) < 4.78 is 10.3. The maximum absolute atomic E-state index is 12.3. The summed E-state index contributed by atoms with van der Waals surface area (Å²) in [6.07, 6.45) is -1.11. The van der Waals surface area contributed by atoms with Crippen molar-refractivity contribution in [1.29, 1.82) is 0 Å². The van der Waals surface area contributed by atoms with E-state index in [9.17, 15) is 19.7 Å². The average Bonchev–Trinajstić information content (AvgIpc) is 2.61. The molecule has 142 valence electrons. The zero-order valence-electron chi connectivity index (χ0n) is 14.8. The van der Waals surface area contributed by atoms with Gasteiger partial charge in [-0.2, -0.15) is 0 Å². The number of aryl methyl sites for hydroxylation is 1. The van der Waals surface area contributed by atoms with Gasteiger partial charge >= 0.3 is 5.97 Å². The Morgan fingerprint density at radius 1 is 1.22 bits per heavy atom. The van der Waals surface area contributed by atoms with Gasteiger partial charge in [0.15, 0.2) is 6.10 Å². The molecule has 0 saturated carbocycles. The van der Waals surface area contributed by atoms with Crippen molar-refractivity contribution in [3.05, 3.63) is 62.7 Å². The summed E-state index contributed by atoms with van der Waals surface area (Å²) in [5.74, 6) is -0.950. The molecule has 2 rings (SSSR count). The maximum Gasteiger partial charge on any atom is 0.338 e. The topological polar surface area (TPSA) is 108 Å². The smallest absolute Gasteiger partial charge is 0.338 e. The summed E-state index contributed by atoms with van der Waals surface area (Å²) in [4.78, 5) is 34.8. The van der Waals surface area contributed by atoms with Crippen LogP contribution >= 0.6 is 11.6 Å². The van der Waals surface area contributed by atoms with Gasteiger partial charge in [-0.3, -0.25) is 14.9 Å². The third-order valence-corrected chi connectivity index (χ3v) is 3.94. The van der Waals surface area contributed by atoms with Gasteiger partial charge < -0.3 is 14.8 Å². The second kappa shape index (κ2) is 8.50. The highest BCUT2D eigenvalue weighted by atomic mass is 35.5. The molecule has 1 atom stereocenters. The Kier molecular flexibility index (Phi) is 6.36. The zero-order valence-corrected chi connectivity index (χ0v) is 15.6. The number of hydrogen-bond donors (Lipinski definition) is 1. The molecule has 8 nitrogen and oxygen atoms in total. The normalized spacial score (nSPS) is 11.4. The van der Waals surface area contributed by atoms with E-state index in [0.717, 1.165) is 0 Å². The molecule has 0 aliphatic heterocycles. The van der Waals surface area contributed by atoms with E-state index >= 15 is 0 Å². The fraction of sp³-hybridized carbons (Fsp3) is 0.222. The van der Waals surface area contributed by atoms with Crippen LogP contribution in [0.1, 0.15) is 22.8 Å². The van der Waals surface area contributed by atoms with Crippen molar-refractivity contribution >= 4 is 34.9 Å². The van der Waals surface area contributed by atoms with Crippen LogP contribution in [0, 0.1) is 17.0 Å². The van der Waals surface area contributed by atoms with Crippen LogP contribution < -0.4 is 10.1 Å². The summed E-state index contributed by atoms with van der Waals surface area (Å²) >= 11 is 5.91. The number of carbonyl (C=O) groups excluding carboxylic acids is 2. The predicted molar refractivity (Wildman–Crippen MR) is 99.3 cm³/mol.